The Hall–Kier alpha value is -0.560. The summed E-state index contributed by atoms with van der Waals surface area (Å²) in [7, 11) is -5.17. The third-order valence-electron chi connectivity index (χ3n) is 2.53. The number of rotatable bonds is 4. The summed E-state index contributed by atoms with van der Waals surface area (Å²) in [6, 6.07) is 0. The Balaban J connectivity index is 2.33. The van der Waals surface area contributed by atoms with E-state index in [1.807, 2.05) is 12.2 Å². The van der Waals surface area contributed by atoms with Crippen molar-refractivity contribution in [3.63, 3.8) is 0 Å². The molecule has 0 saturated heterocycles. The van der Waals surface area contributed by atoms with E-state index in [0.29, 0.717) is 6.42 Å². The van der Waals surface area contributed by atoms with Gasteiger partial charge < -0.3 is 0 Å². The molecule has 16 heavy (non-hydrogen) atoms. The molecule has 1 aliphatic carbocycles. The molecule has 3 nitrogen and oxygen atoms in total. The van der Waals surface area contributed by atoms with E-state index in [9.17, 15) is 21.6 Å². The van der Waals surface area contributed by atoms with Gasteiger partial charge in [0.1, 0.15) is 0 Å². The topological polar surface area (TPSA) is 46.2 Å². The van der Waals surface area contributed by atoms with Gasteiger partial charge in [-0.15, -0.1) is 0 Å². The Morgan fingerprint density at radius 1 is 1.31 bits per heavy atom. The second-order valence-electron chi connectivity index (χ2n) is 3.78. The van der Waals surface area contributed by atoms with Crippen molar-refractivity contribution >= 4 is 10.0 Å². The largest absolute Gasteiger partial charge is 0.511 e. The van der Waals surface area contributed by atoms with Crippen molar-refractivity contribution in [3.8, 4) is 0 Å². The molecule has 1 rings (SSSR count). The molecule has 1 N–H and O–H groups in total. The average molecular weight is 257 g/mol. The summed E-state index contributed by atoms with van der Waals surface area (Å²) >= 11 is 0. The van der Waals surface area contributed by atoms with Crippen LogP contribution in [0.1, 0.15) is 25.7 Å². The highest BCUT2D eigenvalue weighted by Gasteiger charge is 2.45. The Morgan fingerprint density at radius 3 is 2.50 bits per heavy atom. The standard InChI is InChI=1S/C9H14F3NO2S/c10-9(11,12)16(14,15)13-7-6-8-4-2-1-3-5-8/h1-2,8,13H,3-7H2. The molecule has 0 radical (unpaired) electrons. The number of sulfonamides is 1. The number of hydrogen-bond donors (Lipinski definition) is 1. The predicted octanol–water partition coefficient (Wildman–Crippen LogP) is 2.17. The highest BCUT2D eigenvalue weighted by molar-refractivity contribution is 7.90. The fourth-order valence-electron chi connectivity index (χ4n) is 1.60. The highest BCUT2D eigenvalue weighted by Crippen LogP contribution is 2.23. The third kappa shape index (κ3) is 3.79. The van der Waals surface area contributed by atoms with Gasteiger partial charge in [0.2, 0.25) is 0 Å². The third-order valence-corrected chi connectivity index (χ3v) is 3.72. The van der Waals surface area contributed by atoms with Crippen molar-refractivity contribution in [1.82, 2.24) is 4.72 Å². The lowest BCUT2D eigenvalue weighted by molar-refractivity contribution is -0.0447. The van der Waals surface area contributed by atoms with E-state index < -0.39 is 15.5 Å². The van der Waals surface area contributed by atoms with Crippen LogP contribution in [-0.4, -0.2) is 20.5 Å². The molecule has 1 unspecified atom stereocenters. The molecule has 0 spiro atoms. The van der Waals surface area contributed by atoms with Gasteiger partial charge in [-0.3, -0.25) is 0 Å². The maximum Gasteiger partial charge on any atom is 0.511 e. The maximum absolute atomic E-state index is 11.9. The SMILES string of the molecule is O=S(=O)(NCCC1CC=CCC1)C(F)(F)F. The minimum Gasteiger partial charge on any atom is -0.207 e. The molecule has 0 fully saturated rings. The summed E-state index contributed by atoms with van der Waals surface area (Å²) in [5, 5.41) is 0. The summed E-state index contributed by atoms with van der Waals surface area (Å²) in [5.41, 5.74) is -5.21. The first-order chi connectivity index (χ1) is 7.33. The summed E-state index contributed by atoms with van der Waals surface area (Å²) in [6.45, 7) is -0.152. The first-order valence-electron chi connectivity index (χ1n) is 5.04. The van der Waals surface area contributed by atoms with Crippen LogP contribution < -0.4 is 4.72 Å². The summed E-state index contributed by atoms with van der Waals surface area (Å²) in [5.74, 6) is 0.279. The quantitative estimate of drug-likeness (QED) is 0.784. The van der Waals surface area contributed by atoms with Gasteiger partial charge in [0.25, 0.3) is 0 Å². The van der Waals surface area contributed by atoms with Gasteiger partial charge in [0.15, 0.2) is 0 Å². The molecule has 1 atom stereocenters. The Kier molecular flexibility index (Phi) is 4.37. The molecule has 0 amide bonds. The van der Waals surface area contributed by atoms with E-state index in [4.69, 9.17) is 0 Å². The molecule has 1 aliphatic rings. The molecule has 0 bridgehead atoms. The number of hydrogen-bond acceptors (Lipinski definition) is 2. The zero-order valence-corrected chi connectivity index (χ0v) is 9.44. The van der Waals surface area contributed by atoms with Crippen molar-refractivity contribution in [2.45, 2.75) is 31.2 Å². The van der Waals surface area contributed by atoms with Gasteiger partial charge in [-0.05, 0) is 31.6 Å². The molecular formula is C9H14F3NO2S. The lowest BCUT2D eigenvalue weighted by Crippen LogP contribution is -2.37. The first kappa shape index (κ1) is 13.5. The lowest BCUT2D eigenvalue weighted by Gasteiger charge is -2.17. The minimum absolute atomic E-state index is 0.152. The van der Waals surface area contributed by atoms with Crippen LogP contribution in [-0.2, 0) is 10.0 Å². The Morgan fingerprint density at radius 2 is 2.00 bits per heavy atom. The maximum atomic E-state index is 11.9. The van der Waals surface area contributed by atoms with Gasteiger partial charge in [-0.25, -0.2) is 13.1 Å². The molecule has 0 heterocycles. The van der Waals surface area contributed by atoms with Crippen LogP contribution in [0.4, 0.5) is 13.2 Å². The number of alkyl halides is 3. The fourth-order valence-corrected chi connectivity index (χ4v) is 2.15. The Bertz CT molecular complexity index is 348. The van der Waals surface area contributed by atoms with Gasteiger partial charge >= 0.3 is 15.5 Å². The summed E-state index contributed by atoms with van der Waals surface area (Å²) in [6.07, 6.45) is 7.08. The van der Waals surface area contributed by atoms with E-state index >= 15 is 0 Å². The normalized spacial score (nSPS) is 22.3. The van der Waals surface area contributed by atoms with Crippen LogP contribution in [0.3, 0.4) is 0 Å². The second-order valence-corrected chi connectivity index (χ2v) is 5.54. The van der Waals surface area contributed by atoms with Crippen molar-refractivity contribution < 1.29 is 21.6 Å². The monoisotopic (exact) mass is 257 g/mol. The van der Waals surface area contributed by atoms with E-state index in [-0.39, 0.29) is 12.5 Å². The molecule has 0 aromatic carbocycles. The molecular weight excluding hydrogens is 243 g/mol. The van der Waals surface area contributed by atoms with Crippen LogP contribution in [0.2, 0.25) is 0 Å². The molecule has 0 aromatic heterocycles. The van der Waals surface area contributed by atoms with Gasteiger partial charge in [-0.2, -0.15) is 13.2 Å². The Labute approximate surface area is 92.8 Å². The smallest absolute Gasteiger partial charge is 0.207 e. The summed E-state index contributed by atoms with van der Waals surface area (Å²) < 4.78 is 58.7. The van der Waals surface area contributed by atoms with Crippen LogP contribution in [0, 0.1) is 5.92 Å². The minimum atomic E-state index is -5.21. The van der Waals surface area contributed by atoms with Gasteiger partial charge in [0.05, 0.1) is 0 Å². The van der Waals surface area contributed by atoms with E-state index in [0.717, 1.165) is 19.3 Å². The van der Waals surface area contributed by atoms with Gasteiger partial charge in [-0.1, -0.05) is 12.2 Å². The zero-order chi connectivity index (χ0) is 12.2. The van der Waals surface area contributed by atoms with Gasteiger partial charge in [0, 0.05) is 6.54 Å². The van der Waals surface area contributed by atoms with Crippen molar-refractivity contribution in [2.75, 3.05) is 6.54 Å². The zero-order valence-electron chi connectivity index (χ0n) is 8.63. The number of nitrogens with one attached hydrogen (secondary N) is 1. The molecule has 94 valence electrons. The fraction of sp³-hybridized carbons (Fsp3) is 0.778. The molecule has 0 aliphatic heterocycles. The van der Waals surface area contributed by atoms with Crippen molar-refractivity contribution in [1.29, 1.82) is 0 Å². The number of allylic oxidation sites excluding steroid dienone is 2. The number of halogens is 3. The molecule has 0 aromatic rings. The van der Waals surface area contributed by atoms with Crippen LogP contribution in [0.15, 0.2) is 12.2 Å². The first-order valence-corrected chi connectivity index (χ1v) is 6.52. The lowest BCUT2D eigenvalue weighted by atomic mass is 9.92. The van der Waals surface area contributed by atoms with E-state index in [1.54, 1.807) is 4.72 Å². The summed E-state index contributed by atoms with van der Waals surface area (Å²) in [4.78, 5) is 0. The van der Waals surface area contributed by atoms with Crippen LogP contribution >= 0.6 is 0 Å². The molecule has 0 saturated carbocycles. The van der Waals surface area contributed by atoms with E-state index in [2.05, 4.69) is 0 Å². The van der Waals surface area contributed by atoms with Crippen LogP contribution in [0.5, 0.6) is 0 Å². The van der Waals surface area contributed by atoms with Crippen LogP contribution in [0.25, 0.3) is 0 Å². The van der Waals surface area contributed by atoms with Crippen molar-refractivity contribution in [2.24, 2.45) is 5.92 Å². The average Bonchev–Trinajstić information content (AvgIpc) is 2.17. The predicted molar refractivity (Wildman–Crippen MR) is 54.1 cm³/mol. The second kappa shape index (κ2) is 5.18. The molecule has 7 heteroatoms. The van der Waals surface area contributed by atoms with Crippen molar-refractivity contribution in [3.05, 3.63) is 12.2 Å². The highest BCUT2D eigenvalue weighted by atomic mass is 32.2. The van der Waals surface area contributed by atoms with E-state index in [1.165, 1.54) is 0 Å².